The minimum atomic E-state index is -4.62. The van der Waals surface area contributed by atoms with Gasteiger partial charge >= 0.3 is 5.97 Å². The van der Waals surface area contributed by atoms with E-state index in [2.05, 4.69) is 0 Å². The van der Waals surface area contributed by atoms with Crippen molar-refractivity contribution < 1.29 is 35.8 Å². The first kappa shape index (κ1) is 38.2. The van der Waals surface area contributed by atoms with E-state index in [1.165, 1.54) is 12.1 Å². The molecule has 5 rings (SSSR count). The summed E-state index contributed by atoms with van der Waals surface area (Å²) in [5.74, 6) is -1.67. The molecule has 0 aromatic heterocycles. The molecule has 0 spiro atoms. The summed E-state index contributed by atoms with van der Waals surface area (Å²) in [5, 5.41) is 9.85. The number of benzene rings is 5. The second-order valence-electron chi connectivity index (χ2n) is 13.2. The van der Waals surface area contributed by atoms with Crippen molar-refractivity contribution in [2.75, 3.05) is 23.4 Å². The van der Waals surface area contributed by atoms with E-state index in [4.69, 9.17) is 0 Å². The molecule has 0 radical (unpaired) electrons. The summed E-state index contributed by atoms with van der Waals surface area (Å²) in [7, 11) is -7.31. The first-order chi connectivity index (χ1) is 24.3. The highest BCUT2D eigenvalue weighted by molar-refractivity contribution is 7.86. The molecule has 1 unspecified atom stereocenters. The van der Waals surface area contributed by atoms with Crippen LogP contribution in [0.25, 0.3) is 0 Å². The molecule has 0 saturated heterocycles. The van der Waals surface area contributed by atoms with E-state index >= 15 is 0 Å². The number of anilines is 4. The Morgan fingerprint density at radius 1 is 0.654 bits per heavy atom. The first-order valence-corrected chi connectivity index (χ1v) is 19.3. The fourth-order valence-electron chi connectivity index (χ4n) is 7.48. The quantitative estimate of drug-likeness (QED) is 0.0892. The van der Waals surface area contributed by atoms with Gasteiger partial charge in [-0.25, -0.2) is 0 Å². The lowest BCUT2D eigenvalue weighted by Gasteiger charge is -2.28. The van der Waals surface area contributed by atoms with Crippen LogP contribution in [0.3, 0.4) is 0 Å². The molecule has 0 fully saturated rings. The van der Waals surface area contributed by atoms with Crippen LogP contribution in [0, 0.1) is 41.5 Å². The fraction of sp³-hybridized carbons (Fsp3) is 0.225. The Morgan fingerprint density at radius 2 is 1.15 bits per heavy atom. The van der Waals surface area contributed by atoms with Crippen molar-refractivity contribution >= 4 is 49.0 Å². The third kappa shape index (κ3) is 7.75. The Labute approximate surface area is 305 Å². The first-order valence-electron chi connectivity index (χ1n) is 16.4. The standard InChI is InChI=1S/C40H42N2O8S2/c1-24-20-25(2)38(26(3)21-24)42(23-36(43)44)33-18-14-31(15-19-33)37(34-10-8-9-11-35(34)51(45,46)47)30-12-16-32(17-13-30)41(7)39-27(4)22-28(5)40(29(39)6)52(48,49)50/h8-22,37H,23H2,1-7H3,(H,43,44)(H,45,46,47)(H,48,49,50). The third-order valence-corrected chi connectivity index (χ3v) is 11.4. The van der Waals surface area contributed by atoms with Crippen LogP contribution >= 0.6 is 0 Å². The van der Waals surface area contributed by atoms with Crippen LogP contribution in [0.1, 0.15) is 56.0 Å². The lowest BCUT2D eigenvalue weighted by molar-refractivity contribution is -0.135. The van der Waals surface area contributed by atoms with Crippen molar-refractivity contribution in [2.45, 2.75) is 57.3 Å². The number of hydrogen-bond donors (Lipinski definition) is 3. The van der Waals surface area contributed by atoms with Gasteiger partial charge in [0.2, 0.25) is 0 Å². The summed E-state index contributed by atoms with van der Waals surface area (Å²) in [6, 6.07) is 26.5. The maximum absolute atomic E-state index is 12.6. The summed E-state index contributed by atoms with van der Waals surface area (Å²) in [5.41, 5.74) is 9.03. The average molecular weight is 743 g/mol. The molecule has 272 valence electrons. The number of carboxylic acids is 1. The zero-order chi connectivity index (χ0) is 38.3. The van der Waals surface area contributed by atoms with E-state index in [9.17, 15) is 35.8 Å². The van der Waals surface area contributed by atoms with Crippen LogP contribution in [0.5, 0.6) is 0 Å². The number of carbonyl (C=O) groups is 1. The molecule has 0 saturated carbocycles. The van der Waals surface area contributed by atoms with Crippen molar-refractivity contribution in [1.82, 2.24) is 0 Å². The van der Waals surface area contributed by atoms with Crippen LogP contribution in [0.15, 0.2) is 101 Å². The SMILES string of the molecule is Cc1cc(C)c(N(CC(=O)O)c2ccc(C(c3ccc(N(C)c4c(C)cc(C)c(S(=O)(=O)O)c4C)cc3)c3ccccc3S(=O)(=O)O)cc2)c(C)c1. The number of hydrogen-bond acceptors (Lipinski definition) is 7. The van der Waals surface area contributed by atoms with Crippen LogP contribution in [0.2, 0.25) is 0 Å². The Hall–Kier alpha value is -5.01. The van der Waals surface area contributed by atoms with Gasteiger partial charge in [0.1, 0.15) is 11.4 Å². The van der Waals surface area contributed by atoms with Gasteiger partial charge in [-0.15, -0.1) is 0 Å². The van der Waals surface area contributed by atoms with Crippen LogP contribution in [-0.2, 0) is 25.0 Å². The summed E-state index contributed by atoms with van der Waals surface area (Å²) in [6.45, 7) is 10.7. The van der Waals surface area contributed by atoms with Gasteiger partial charge in [-0.05, 0) is 116 Å². The molecular weight excluding hydrogens is 701 g/mol. The zero-order valence-corrected chi connectivity index (χ0v) is 31.7. The summed E-state index contributed by atoms with van der Waals surface area (Å²) >= 11 is 0. The largest absolute Gasteiger partial charge is 0.480 e. The van der Waals surface area contributed by atoms with E-state index in [-0.39, 0.29) is 16.3 Å². The molecule has 12 heteroatoms. The molecule has 1 atom stereocenters. The van der Waals surface area contributed by atoms with Gasteiger partial charge in [-0.2, -0.15) is 16.8 Å². The number of carboxylic acid groups (broad SMARTS) is 1. The van der Waals surface area contributed by atoms with Gasteiger partial charge in [-0.3, -0.25) is 13.9 Å². The van der Waals surface area contributed by atoms with Crippen LogP contribution < -0.4 is 9.80 Å². The molecule has 5 aromatic carbocycles. The predicted octanol–water partition coefficient (Wildman–Crippen LogP) is 8.20. The summed E-state index contributed by atoms with van der Waals surface area (Å²) in [4.78, 5) is 15.2. The fourth-order valence-corrected chi connectivity index (χ4v) is 9.16. The number of rotatable bonds is 11. The van der Waals surface area contributed by atoms with E-state index in [0.717, 1.165) is 27.9 Å². The Morgan fingerprint density at radius 3 is 1.65 bits per heavy atom. The van der Waals surface area contributed by atoms with E-state index in [0.29, 0.717) is 44.9 Å². The summed E-state index contributed by atoms with van der Waals surface area (Å²) in [6.07, 6.45) is 0. The normalized spacial score (nSPS) is 12.4. The second kappa shape index (κ2) is 14.5. The minimum Gasteiger partial charge on any atom is -0.480 e. The molecule has 0 amide bonds. The van der Waals surface area contributed by atoms with Gasteiger partial charge in [0.25, 0.3) is 20.2 Å². The second-order valence-corrected chi connectivity index (χ2v) is 16.0. The number of aryl methyl sites for hydroxylation is 5. The molecule has 3 N–H and O–H groups in total. The molecule has 5 aromatic rings. The maximum atomic E-state index is 12.6. The molecule has 10 nitrogen and oxygen atoms in total. The van der Waals surface area contributed by atoms with E-state index in [1.807, 2.05) is 81.1 Å². The minimum absolute atomic E-state index is 0.142. The lowest BCUT2D eigenvalue weighted by atomic mass is 9.85. The molecule has 0 bridgehead atoms. The van der Waals surface area contributed by atoms with Crippen LogP contribution in [-0.4, -0.2) is 50.6 Å². The molecule has 0 aliphatic rings. The topological polar surface area (TPSA) is 153 Å². The van der Waals surface area contributed by atoms with Crippen molar-refractivity contribution in [2.24, 2.45) is 0 Å². The summed E-state index contributed by atoms with van der Waals surface area (Å²) < 4.78 is 70.0. The molecule has 0 heterocycles. The van der Waals surface area contributed by atoms with Crippen molar-refractivity contribution in [1.29, 1.82) is 0 Å². The number of aliphatic carboxylic acids is 1. The smallest absolute Gasteiger partial charge is 0.323 e. The Kier molecular flexibility index (Phi) is 10.7. The highest BCUT2D eigenvalue weighted by Crippen LogP contribution is 2.40. The third-order valence-electron chi connectivity index (χ3n) is 9.31. The van der Waals surface area contributed by atoms with Crippen LogP contribution in [0.4, 0.5) is 22.7 Å². The monoisotopic (exact) mass is 742 g/mol. The van der Waals surface area contributed by atoms with Crippen molar-refractivity contribution in [3.8, 4) is 0 Å². The van der Waals surface area contributed by atoms with E-state index in [1.54, 1.807) is 56.1 Å². The molecular formula is C40H42N2O8S2. The highest BCUT2D eigenvalue weighted by Gasteiger charge is 2.27. The molecule has 0 aliphatic heterocycles. The van der Waals surface area contributed by atoms with E-state index < -0.39 is 32.1 Å². The highest BCUT2D eigenvalue weighted by atomic mass is 32.2. The lowest BCUT2D eigenvalue weighted by Crippen LogP contribution is -2.26. The molecule has 52 heavy (non-hydrogen) atoms. The van der Waals surface area contributed by atoms with Crippen molar-refractivity contribution in [3.63, 3.8) is 0 Å². The predicted molar refractivity (Wildman–Crippen MR) is 204 cm³/mol. The Balaban J connectivity index is 1.63. The van der Waals surface area contributed by atoms with Gasteiger partial charge in [0, 0.05) is 35.7 Å². The molecule has 0 aliphatic carbocycles. The Bertz CT molecular complexity index is 2370. The van der Waals surface area contributed by atoms with Gasteiger partial charge in [0.15, 0.2) is 0 Å². The van der Waals surface area contributed by atoms with Gasteiger partial charge in [-0.1, -0.05) is 66.2 Å². The number of nitrogens with zero attached hydrogens (tertiary/aromatic N) is 2. The zero-order valence-electron chi connectivity index (χ0n) is 30.0. The van der Waals surface area contributed by atoms with Crippen molar-refractivity contribution in [3.05, 3.63) is 141 Å². The average Bonchev–Trinajstić information content (AvgIpc) is 3.03. The maximum Gasteiger partial charge on any atom is 0.323 e. The van der Waals surface area contributed by atoms with Gasteiger partial charge in [0.05, 0.1) is 4.90 Å². The van der Waals surface area contributed by atoms with Gasteiger partial charge < -0.3 is 14.9 Å².